The van der Waals surface area contributed by atoms with E-state index >= 15 is 0 Å². The van der Waals surface area contributed by atoms with Crippen LogP contribution in [0.15, 0.2) is 12.1 Å². The number of nitrogens with two attached hydrogens (primary N) is 2. The van der Waals surface area contributed by atoms with Crippen LogP contribution < -0.4 is 16.4 Å². The minimum atomic E-state index is -0.416. The molecule has 0 spiro atoms. The van der Waals surface area contributed by atoms with Crippen LogP contribution >= 0.6 is 12.2 Å². The van der Waals surface area contributed by atoms with Crippen LogP contribution in [0, 0.1) is 6.92 Å². The van der Waals surface area contributed by atoms with Gasteiger partial charge in [0.15, 0.2) is 0 Å². The molecule has 1 heterocycles. The largest absolute Gasteiger partial charge is 0.389 e. The Morgan fingerprint density at radius 1 is 1.44 bits per heavy atom. The Morgan fingerprint density at radius 3 is 2.50 bits per heavy atom. The van der Waals surface area contributed by atoms with Gasteiger partial charge in [-0.2, -0.15) is 0 Å². The van der Waals surface area contributed by atoms with Crippen molar-refractivity contribution in [3.8, 4) is 0 Å². The number of hydrogen-bond acceptors (Lipinski definition) is 4. The van der Waals surface area contributed by atoms with Crippen molar-refractivity contribution in [2.75, 3.05) is 11.4 Å². The third-order valence-corrected chi connectivity index (χ3v) is 2.72. The van der Waals surface area contributed by atoms with Gasteiger partial charge in [0, 0.05) is 11.7 Å². The molecule has 4 N–H and O–H groups in total. The van der Waals surface area contributed by atoms with E-state index in [1.165, 1.54) is 0 Å². The molecule has 1 rings (SSSR count). The summed E-state index contributed by atoms with van der Waals surface area (Å²) in [6.07, 6.45) is 0. The first kappa shape index (κ1) is 14.4. The number of nitrogens with zero attached hydrogens (tertiary/aromatic N) is 2. The molecule has 0 aliphatic carbocycles. The minimum absolute atomic E-state index is 0.0694. The van der Waals surface area contributed by atoms with Crippen LogP contribution in [-0.2, 0) is 4.79 Å². The lowest BCUT2D eigenvalue weighted by Crippen LogP contribution is -2.40. The van der Waals surface area contributed by atoms with Gasteiger partial charge in [-0.1, -0.05) is 12.2 Å². The topological polar surface area (TPSA) is 85.2 Å². The molecular weight excluding hydrogens is 248 g/mol. The maximum Gasteiger partial charge on any atom is 0.237 e. The van der Waals surface area contributed by atoms with Crippen LogP contribution in [-0.4, -0.2) is 28.5 Å². The Hall–Kier alpha value is -1.69. The molecule has 0 aromatic carbocycles. The van der Waals surface area contributed by atoms with Gasteiger partial charge in [-0.3, -0.25) is 4.79 Å². The number of anilines is 1. The lowest BCUT2D eigenvalue weighted by Gasteiger charge is -2.28. The highest BCUT2D eigenvalue weighted by molar-refractivity contribution is 7.80. The summed E-state index contributed by atoms with van der Waals surface area (Å²) in [6.45, 7) is 5.87. The second-order valence-corrected chi connectivity index (χ2v) is 4.82. The van der Waals surface area contributed by atoms with Crippen molar-refractivity contribution in [1.82, 2.24) is 4.98 Å². The molecule has 0 atom stereocenters. The number of aryl methyl sites for hydroxylation is 1. The molecule has 18 heavy (non-hydrogen) atoms. The molecule has 1 aromatic heterocycles. The molecule has 0 fully saturated rings. The number of thiocarbonyl (C=S) groups is 1. The fourth-order valence-corrected chi connectivity index (χ4v) is 1.78. The maximum atomic E-state index is 11.1. The zero-order valence-corrected chi connectivity index (χ0v) is 11.6. The fourth-order valence-electron chi connectivity index (χ4n) is 1.62. The van der Waals surface area contributed by atoms with Gasteiger partial charge in [0.05, 0.1) is 12.1 Å². The van der Waals surface area contributed by atoms with Gasteiger partial charge in [0.1, 0.15) is 10.8 Å². The van der Waals surface area contributed by atoms with Gasteiger partial charge in [-0.05, 0) is 32.9 Å². The number of rotatable bonds is 5. The van der Waals surface area contributed by atoms with E-state index in [0.717, 1.165) is 5.69 Å². The summed E-state index contributed by atoms with van der Waals surface area (Å²) < 4.78 is 0. The molecule has 1 aromatic rings. The number of aromatic nitrogens is 1. The highest BCUT2D eigenvalue weighted by atomic mass is 32.1. The van der Waals surface area contributed by atoms with Gasteiger partial charge < -0.3 is 16.4 Å². The number of carbonyl (C=O) groups is 1. The zero-order chi connectivity index (χ0) is 13.9. The number of pyridine rings is 1. The van der Waals surface area contributed by atoms with Gasteiger partial charge in [-0.25, -0.2) is 4.98 Å². The lowest BCUT2D eigenvalue weighted by molar-refractivity contribution is -0.116. The first-order valence-electron chi connectivity index (χ1n) is 5.65. The third kappa shape index (κ3) is 3.40. The average molecular weight is 266 g/mol. The molecule has 98 valence electrons. The number of hydrogen-bond donors (Lipinski definition) is 2. The Labute approximate surface area is 112 Å². The first-order valence-corrected chi connectivity index (χ1v) is 6.06. The third-order valence-electron chi connectivity index (χ3n) is 2.50. The maximum absolute atomic E-state index is 11.1. The van der Waals surface area contributed by atoms with Crippen molar-refractivity contribution in [1.29, 1.82) is 0 Å². The first-order chi connectivity index (χ1) is 8.32. The number of carbonyl (C=O) groups excluding carboxylic acids is 1. The van der Waals surface area contributed by atoms with Crippen molar-refractivity contribution in [2.24, 2.45) is 11.5 Å². The highest BCUT2D eigenvalue weighted by Gasteiger charge is 2.19. The summed E-state index contributed by atoms with van der Waals surface area (Å²) in [4.78, 5) is 17.6. The van der Waals surface area contributed by atoms with Crippen LogP contribution in [0.4, 0.5) is 5.82 Å². The Kier molecular flexibility index (Phi) is 4.61. The van der Waals surface area contributed by atoms with Crippen molar-refractivity contribution in [2.45, 2.75) is 26.8 Å². The summed E-state index contributed by atoms with van der Waals surface area (Å²) in [5, 5.41) is 0. The van der Waals surface area contributed by atoms with E-state index in [1.807, 2.05) is 32.9 Å². The van der Waals surface area contributed by atoms with Crippen molar-refractivity contribution in [3.05, 3.63) is 23.4 Å². The molecule has 5 nitrogen and oxygen atoms in total. The van der Waals surface area contributed by atoms with E-state index in [-0.39, 0.29) is 17.6 Å². The van der Waals surface area contributed by atoms with Crippen LogP contribution in [0.5, 0.6) is 0 Å². The molecule has 0 aliphatic heterocycles. The zero-order valence-electron chi connectivity index (χ0n) is 10.8. The second kappa shape index (κ2) is 5.77. The SMILES string of the molecule is Cc1ccc(C(N)=S)c(N(CC(N)=O)C(C)C)n1. The molecule has 6 heteroatoms. The molecule has 0 saturated heterocycles. The van der Waals surface area contributed by atoms with E-state index in [2.05, 4.69) is 4.98 Å². The van der Waals surface area contributed by atoms with E-state index in [9.17, 15) is 4.79 Å². The Balaban J connectivity index is 3.29. The smallest absolute Gasteiger partial charge is 0.237 e. The molecule has 0 saturated carbocycles. The molecule has 1 amide bonds. The van der Waals surface area contributed by atoms with Crippen LogP contribution in [0.1, 0.15) is 25.1 Å². The Bertz CT molecular complexity index is 473. The monoisotopic (exact) mass is 266 g/mol. The van der Waals surface area contributed by atoms with E-state index in [4.69, 9.17) is 23.7 Å². The minimum Gasteiger partial charge on any atom is -0.389 e. The van der Waals surface area contributed by atoms with Crippen LogP contribution in [0.2, 0.25) is 0 Å². The summed E-state index contributed by atoms with van der Waals surface area (Å²) in [5.74, 6) is 0.192. The number of primary amides is 1. The van der Waals surface area contributed by atoms with E-state index in [0.29, 0.717) is 11.4 Å². The summed E-state index contributed by atoms with van der Waals surface area (Å²) in [5.41, 5.74) is 12.4. The van der Waals surface area contributed by atoms with Gasteiger partial charge in [0.25, 0.3) is 0 Å². The molecule has 0 bridgehead atoms. The summed E-state index contributed by atoms with van der Waals surface area (Å²) in [7, 11) is 0. The van der Waals surface area contributed by atoms with E-state index in [1.54, 1.807) is 4.90 Å². The Morgan fingerprint density at radius 2 is 2.06 bits per heavy atom. The normalized spacial score (nSPS) is 10.4. The molecular formula is C12H18N4OS. The fraction of sp³-hybridized carbons (Fsp3) is 0.417. The molecule has 0 aliphatic rings. The van der Waals surface area contributed by atoms with Gasteiger partial charge in [-0.15, -0.1) is 0 Å². The average Bonchev–Trinajstić information content (AvgIpc) is 2.24. The predicted molar refractivity (Wildman–Crippen MR) is 76.5 cm³/mol. The highest BCUT2D eigenvalue weighted by Crippen LogP contribution is 2.20. The second-order valence-electron chi connectivity index (χ2n) is 4.38. The summed E-state index contributed by atoms with van der Waals surface area (Å²) >= 11 is 5.01. The van der Waals surface area contributed by atoms with Gasteiger partial charge in [0.2, 0.25) is 5.91 Å². The lowest BCUT2D eigenvalue weighted by atomic mass is 10.2. The van der Waals surface area contributed by atoms with Gasteiger partial charge >= 0.3 is 0 Å². The quantitative estimate of drug-likeness (QED) is 0.767. The van der Waals surface area contributed by atoms with Crippen molar-refractivity contribution < 1.29 is 4.79 Å². The van der Waals surface area contributed by atoms with Crippen LogP contribution in [0.25, 0.3) is 0 Å². The van der Waals surface area contributed by atoms with Crippen LogP contribution in [0.3, 0.4) is 0 Å². The molecule has 0 unspecified atom stereocenters. The van der Waals surface area contributed by atoms with Crippen molar-refractivity contribution in [3.63, 3.8) is 0 Å². The molecule has 0 radical (unpaired) electrons. The number of amides is 1. The van der Waals surface area contributed by atoms with E-state index < -0.39 is 5.91 Å². The standard InChI is InChI=1S/C12H18N4OS/c1-7(2)16(6-10(13)17)12-9(11(14)18)5-4-8(3)15-12/h4-5,7H,6H2,1-3H3,(H2,13,17)(H2,14,18). The summed E-state index contributed by atoms with van der Waals surface area (Å²) in [6, 6.07) is 3.72. The van der Waals surface area contributed by atoms with Crippen molar-refractivity contribution >= 4 is 28.9 Å². The predicted octanol–water partition coefficient (Wildman–Crippen LogP) is 0.724.